The van der Waals surface area contributed by atoms with Crippen molar-refractivity contribution < 1.29 is 9.84 Å². The third-order valence-corrected chi connectivity index (χ3v) is 3.99. The zero-order chi connectivity index (χ0) is 14.7. The van der Waals surface area contributed by atoms with Crippen LogP contribution in [0.5, 0.6) is 0 Å². The van der Waals surface area contributed by atoms with E-state index in [-0.39, 0.29) is 0 Å². The molecular formula is C14H16BrClN2O2. The van der Waals surface area contributed by atoms with Crippen molar-refractivity contribution >= 4 is 27.5 Å². The van der Waals surface area contributed by atoms with Gasteiger partial charge in [0.05, 0.1) is 29.5 Å². The van der Waals surface area contributed by atoms with Crippen LogP contribution in [0, 0.1) is 6.92 Å². The first-order valence-corrected chi connectivity index (χ1v) is 7.36. The topological polar surface area (TPSA) is 47.3 Å². The first kappa shape index (κ1) is 15.5. The second-order valence-electron chi connectivity index (χ2n) is 4.52. The normalized spacial score (nSPS) is 12.7. The maximum absolute atomic E-state index is 10.6. The Morgan fingerprint density at radius 2 is 2.25 bits per heavy atom. The largest absolute Gasteiger partial charge is 0.383 e. The maximum atomic E-state index is 10.6. The summed E-state index contributed by atoms with van der Waals surface area (Å²) < 4.78 is 7.52. The van der Waals surface area contributed by atoms with Crippen molar-refractivity contribution in [1.82, 2.24) is 9.78 Å². The van der Waals surface area contributed by atoms with Crippen LogP contribution < -0.4 is 0 Å². The van der Waals surface area contributed by atoms with Crippen LogP contribution in [-0.4, -0.2) is 28.6 Å². The summed E-state index contributed by atoms with van der Waals surface area (Å²) in [7, 11) is 1.63. The molecule has 6 heteroatoms. The number of aromatic nitrogens is 2. The Morgan fingerprint density at radius 3 is 2.90 bits per heavy atom. The number of nitrogens with zero attached hydrogens (tertiary/aromatic N) is 2. The third-order valence-electron chi connectivity index (χ3n) is 3.05. The van der Waals surface area contributed by atoms with Crippen molar-refractivity contribution in [1.29, 1.82) is 0 Å². The average molecular weight is 360 g/mol. The number of hydrogen-bond donors (Lipinski definition) is 1. The van der Waals surface area contributed by atoms with E-state index in [2.05, 4.69) is 21.0 Å². The second-order valence-corrected chi connectivity index (χ2v) is 5.78. The number of benzene rings is 1. The van der Waals surface area contributed by atoms with E-state index in [1.165, 1.54) is 0 Å². The lowest BCUT2D eigenvalue weighted by molar-refractivity contribution is 0.171. The van der Waals surface area contributed by atoms with Crippen molar-refractivity contribution in [2.24, 2.45) is 0 Å². The molecule has 0 aliphatic carbocycles. The van der Waals surface area contributed by atoms with Gasteiger partial charge >= 0.3 is 0 Å². The van der Waals surface area contributed by atoms with Gasteiger partial charge in [0, 0.05) is 17.7 Å². The van der Waals surface area contributed by atoms with E-state index in [1.807, 2.05) is 25.1 Å². The van der Waals surface area contributed by atoms with E-state index in [0.717, 1.165) is 10.0 Å². The SMILES string of the molecule is COCCn1ncc(Br)c1C(O)c1ccc(C)cc1Cl. The van der Waals surface area contributed by atoms with E-state index >= 15 is 0 Å². The van der Waals surface area contributed by atoms with Crippen molar-refractivity contribution in [3.63, 3.8) is 0 Å². The molecule has 1 N–H and O–H groups in total. The molecule has 0 saturated heterocycles. The minimum absolute atomic E-state index is 0.523. The van der Waals surface area contributed by atoms with E-state index < -0.39 is 6.10 Å². The molecule has 4 nitrogen and oxygen atoms in total. The highest BCUT2D eigenvalue weighted by molar-refractivity contribution is 9.10. The van der Waals surface area contributed by atoms with Crippen LogP contribution in [0.15, 0.2) is 28.9 Å². The van der Waals surface area contributed by atoms with Gasteiger partial charge in [0.15, 0.2) is 0 Å². The fourth-order valence-electron chi connectivity index (χ4n) is 2.00. The van der Waals surface area contributed by atoms with Crippen LogP contribution in [0.3, 0.4) is 0 Å². The molecule has 0 saturated carbocycles. The molecule has 0 fully saturated rings. The Morgan fingerprint density at radius 1 is 1.50 bits per heavy atom. The van der Waals surface area contributed by atoms with Gasteiger partial charge in [-0.05, 0) is 34.5 Å². The van der Waals surface area contributed by atoms with Gasteiger partial charge in [0.25, 0.3) is 0 Å². The first-order chi connectivity index (χ1) is 9.54. The fraction of sp³-hybridized carbons (Fsp3) is 0.357. The summed E-state index contributed by atoms with van der Waals surface area (Å²) in [6.45, 7) is 3.05. The lowest BCUT2D eigenvalue weighted by Gasteiger charge is -2.16. The minimum atomic E-state index is -0.836. The Kier molecular flexibility index (Phi) is 5.21. The number of aliphatic hydroxyl groups excluding tert-OH is 1. The number of halogens is 2. The lowest BCUT2D eigenvalue weighted by atomic mass is 10.0. The minimum Gasteiger partial charge on any atom is -0.383 e. The summed E-state index contributed by atoms with van der Waals surface area (Å²) in [6.07, 6.45) is 0.827. The van der Waals surface area contributed by atoms with Crippen molar-refractivity contribution in [3.8, 4) is 0 Å². The molecule has 2 rings (SSSR count). The molecule has 1 atom stereocenters. The van der Waals surface area contributed by atoms with Crippen LogP contribution in [-0.2, 0) is 11.3 Å². The quantitative estimate of drug-likeness (QED) is 0.890. The summed E-state index contributed by atoms with van der Waals surface area (Å²) in [5.41, 5.74) is 2.39. The van der Waals surface area contributed by atoms with Crippen LogP contribution in [0.25, 0.3) is 0 Å². The number of methoxy groups -OCH3 is 1. The van der Waals surface area contributed by atoms with Crippen LogP contribution in [0.1, 0.15) is 22.9 Å². The summed E-state index contributed by atoms with van der Waals surface area (Å²) >= 11 is 9.64. The molecule has 1 aromatic heterocycles. The van der Waals surface area contributed by atoms with Gasteiger partial charge in [-0.15, -0.1) is 0 Å². The maximum Gasteiger partial charge on any atom is 0.123 e. The number of hydrogen-bond acceptors (Lipinski definition) is 3. The van der Waals surface area contributed by atoms with Crippen LogP contribution in [0.2, 0.25) is 5.02 Å². The predicted octanol–water partition coefficient (Wildman–Crippen LogP) is 3.34. The highest BCUT2D eigenvalue weighted by Gasteiger charge is 2.21. The first-order valence-electron chi connectivity index (χ1n) is 6.19. The Balaban J connectivity index is 2.37. The fourth-order valence-corrected chi connectivity index (χ4v) is 2.85. The zero-order valence-electron chi connectivity index (χ0n) is 11.3. The van der Waals surface area contributed by atoms with Crippen molar-refractivity contribution in [3.05, 3.63) is 50.7 Å². The van der Waals surface area contributed by atoms with E-state index in [1.54, 1.807) is 18.0 Å². The molecule has 2 aromatic rings. The second kappa shape index (κ2) is 6.72. The van der Waals surface area contributed by atoms with Gasteiger partial charge in [-0.1, -0.05) is 23.7 Å². The average Bonchev–Trinajstić information content (AvgIpc) is 2.77. The number of ether oxygens (including phenoxy) is 1. The molecule has 0 aliphatic heterocycles. The van der Waals surface area contributed by atoms with Crippen LogP contribution in [0.4, 0.5) is 0 Å². The van der Waals surface area contributed by atoms with Gasteiger partial charge < -0.3 is 9.84 Å². The number of aryl methyl sites for hydroxylation is 1. The van der Waals surface area contributed by atoms with Crippen molar-refractivity contribution in [2.45, 2.75) is 19.6 Å². The zero-order valence-corrected chi connectivity index (χ0v) is 13.6. The molecule has 20 heavy (non-hydrogen) atoms. The van der Waals surface area contributed by atoms with Gasteiger partial charge in [0.2, 0.25) is 0 Å². The van der Waals surface area contributed by atoms with Crippen LogP contribution >= 0.6 is 27.5 Å². The van der Waals surface area contributed by atoms with Gasteiger partial charge in [-0.3, -0.25) is 4.68 Å². The highest BCUT2D eigenvalue weighted by atomic mass is 79.9. The smallest absolute Gasteiger partial charge is 0.123 e. The van der Waals surface area contributed by atoms with E-state index in [0.29, 0.717) is 29.4 Å². The summed E-state index contributed by atoms with van der Waals surface area (Å²) in [5.74, 6) is 0. The standard InChI is InChI=1S/C14H16BrClN2O2/c1-9-3-4-10(12(16)7-9)14(19)13-11(15)8-17-18(13)5-6-20-2/h3-4,7-8,14,19H,5-6H2,1-2H3. The lowest BCUT2D eigenvalue weighted by Crippen LogP contribution is -2.14. The van der Waals surface area contributed by atoms with Gasteiger partial charge in [0.1, 0.15) is 6.10 Å². The number of rotatable bonds is 5. The number of aliphatic hydroxyl groups is 1. The molecule has 1 heterocycles. The molecule has 1 unspecified atom stereocenters. The Bertz CT molecular complexity index is 601. The van der Waals surface area contributed by atoms with Gasteiger partial charge in [-0.2, -0.15) is 5.10 Å². The molecule has 0 radical (unpaired) electrons. The molecule has 0 spiro atoms. The predicted molar refractivity (Wildman–Crippen MR) is 82.1 cm³/mol. The summed E-state index contributed by atoms with van der Waals surface area (Å²) in [6, 6.07) is 5.60. The Hall–Kier alpha value is -0.880. The van der Waals surface area contributed by atoms with E-state index in [9.17, 15) is 5.11 Å². The monoisotopic (exact) mass is 358 g/mol. The summed E-state index contributed by atoms with van der Waals surface area (Å²) in [4.78, 5) is 0. The van der Waals surface area contributed by atoms with Crippen molar-refractivity contribution in [2.75, 3.05) is 13.7 Å². The molecular weight excluding hydrogens is 344 g/mol. The third kappa shape index (κ3) is 3.23. The van der Waals surface area contributed by atoms with E-state index in [4.69, 9.17) is 16.3 Å². The molecule has 0 aliphatic rings. The Labute approximate surface area is 131 Å². The van der Waals surface area contributed by atoms with Gasteiger partial charge in [-0.25, -0.2) is 0 Å². The molecule has 108 valence electrons. The molecule has 1 aromatic carbocycles. The summed E-state index contributed by atoms with van der Waals surface area (Å²) in [5, 5.41) is 15.4. The molecule has 0 amide bonds. The molecule has 0 bridgehead atoms. The highest BCUT2D eigenvalue weighted by Crippen LogP contribution is 2.32.